The van der Waals surface area contributed by atoms with Crippen LogP contribution >= 0.6 is 11.6 Å². The molecule has 1 aromatic heterocycles. The molecule has 0 atom stereocenters. The van der Waals surface area contributed by atoms with Gasteiger partial charge in [0.1, 0.15) is 0 Å². The number of H-pyrrole nitrogens is 1. The molecule has 1 amide bonds. The number of fused-ring (bicyclic) bond motifs is 1. The van der Waals surface area contributed by atoms with Gasteiger partial charge in [-0.15, -0.1) is 0 Å². The van der Waals surface area contributed by atoms with Gasteiger partial charge in [0, 0.05) is 35.2 Å². The van der Waals surface area contributed by atoms with Crippen molar-refractivity contribution in [2.75, 3.05) is 13.1 Å². The number of aliphatic hydroxyl groups excluding tert-OH is 1. The van der Waals surface area contributed by atoms with Gasteiger partial charge in [-0.25, -0.2) is 5.01 Å². The number of hydrogen-bond acceptors (Lipinski definition) is 3. The molecule has 1 aliphatic rings. The highest BCUT2D eigenvalue weighted by molar-refractivity contribution is 6.31. The fraction of sp³-hybridized carbons (Fsp3) is 0.400. The summed E-state index contributed by atoms with van der Waals surface area (Å²) >= 11 is 5.95. The molecule has 1 aromatic carbocycles. The Kier molecular flexibility index (Phi) is 4.14. The Morgan fingerprint density at radius 3 is 2.95 bits per heavy atom. The van der Waals surface area contributed by atoms with Gasteiger partial charge >= 0.3 is 0 Å². The number of aromatic nitrogens is 1. The molecule has 0 unspecified atom stereocenters. The lowest BCUT2D eigenvalue weighted by Crippen LogP contribution is -2.48. The second-order valence-corrected chi connectivity index (χ2v) is 5.87. The second kappa shape index (κ2) is 6.05. The van der Waals surface area contributed by atoms with Crippen LogP contribution in [0.1, 0.15) is 18.4 Å². The van der Waals surface area contributed by atoms with Crippen molar-refractivity contribution in [3.8, 4) is 0 Å². The maximum atomic E-state index is 12.1. The van der Waals surface area contributed by atoms with Crippen molar-refractivity contribution in [2.45, 2.75) is 25.4 Å². The maximum Gasteiger partial charge on any atom is 0.238 e. The Bertz CT molecular complexity index is 647. The largest absolute Gasteiger partial charge is 0.393 e. The van der Waals surface area contributed by atoms with E-state index in [2.05, 4.69) is 10.4 Å². The molecule has 6 heteroatoms. The first-order valence-corrected chi connectivity index (χ1v) is 7.47. The fourth-order valence-electron chi connectivity index (χ4n) is 2.67. The third-order valence-corrected chi connectivity index (χ3v) is 4.06. The molecule has 112 valence electrons. The number of carbonyl (C=O) groups excluding carboxylic acids is 1. The van der Waals surface area contributed by atoms with Gasteiger partial charge in [0.25, 0.3) is 0 Å². The summed E-state index contributed by atoms with van der Waals surface area (Å²) in [5.41, 5.74) is 4.79. The van der Waals surface area contributed by atoms with E-state index in [4.69, 9.17) is 11.6 Å². The molecule has 1 fully saturated rings. The van der Waals surface area contributed by atoms with Gasteiger partial charge in [0.2, 0.25) is 5.91 Å². The number of amides is 1. The van der Waals surface area contributed by atoms with Crippen LogP contribution in [0, 0.1) is 0 Å². The zero-order valence-electron chi connectivity index (χ0n) is 11.6. The Balaban J connectivity index is 1.63. The van der Waals surface area contributed by atoms with Crippen molar-refractivity contribution in [2.24, 2.45) is 0 Å². The van der Waals surface area contributed by atoms with Crippen LogP contribution in [0.2, 0.25) is 5.02 Å². The van der Waals surface area contributed by atoms with Crippen molar-refractivity contribution >= 4 is 28.4 Å². The molecule has 21 heavy (non-hydrogen) atoms. The minimum absolute atomic E-state index is 0.0396. The summed E-state index contributed by atoms with van der Waals surface area (Å²) in [7, 11) is 0. The number of piperidine rings is 1. The lowest BCUT2D eigenvalue weighted by Gasteiger charge is -2.29. The molecule has 3 rings (SSSR count). The average Bonchev–Trinajstić information content (AvgIpc) is 2.83. The van der Waals surface area contributed by atoms with Gasteiger partial charge in [-0.1, -0.05) is 17.7 Å². The standard InChI is InChI=1S/C15H18ClN3O2/c16-11-1-2-13-10(9-17-14(13)8-11)7-15(21)18-19-5-3-12(20)4-6-19/h1-2,8-9,12,17,20H,3-7H2,(H,18,21). The van der Waals surface area contributed by atoms with Crippen molar-refractivity contribution in [3.63, 3.8) is 0 Å². The summed E-state index contributed by atoms with van der Waals surface area (Å²) in [6.07, 6.45) is 3.33. The number of benzene rings is 1. The van der Waals surface area contributed by atoms with Gasteiger partial charge < -0.3 is 10.1 Å². The number of hydrazine groups is 1. The molecule has 2 aromatic rings. The molecule has 2 heterocycles. The van der Waals surface area contributed by atoms with E-state index >= 15 is 0 Å². The van der Waals surface area contributed by atoms with E-state index in [0.717, 1.165) is 16.5 Å². The van der Waals surface area contributed by atoms with Crippen LogP contribution in [0.3, 0.4) is 0 Å². The van der Waals surface area contributed by atoms with Crippen LogP contribution < -0.4 is 5.43 Å². The Hall–Kier alpha value is -1.56. The predicted octanol–water partition coefficient (Wildman–Crippen LogP) is 1.85. The monoisotopic (exact) mass is 307 g/mol. The number of aromatic amines is 1. The van der Waals surface area contributed by atoms with Gasteiger partial charge in [0.15, 0.2) is 0 Å². The molecule has 0 saturated carbocycles. The van der Waals surface area contributed by atoms with Crippen LogP contribution in [0.4, 0.5) is 0 Å². The summed E-state index contributed by atoms with van der Waals surface area (Å²) in [4.78, 5) is 15.2. The van der Waals surface area contributed by atoms with Crippen LogP contribution in [-0.4, -0.2) is 40.2 Å². The lowest BCUT2D eigenvalue weighted by atomic mass is 10.1. The molecular formula is C15H18ClN3O2. The minimum atomic E-state index is -0.239. The zero-order valence-corrected chi connectivity index (χ0v) is 12.4. The minimum Gasteiger partial charge on any atom is -0.393 e. The first-order chi connectivity index (χ1) is 10.1. The predicted molar refractivity (Wildman–Crippen MR) is 82.0 cm³/mol. The number of hydrogen-bond donors (Lipinski definition) is 3. The zero-order chi connectivity index (χ0) is 14.8. The van der Waals surface area contributed by atoms with Gasteiger partial charge in [-0.2, -0.15) is 0 Å². The number of rotatable bonds is 3. The molecule has 3 N–H and O–H groups in total. The third-order valence-electron chi connectivity index (χ3n) is 3.83. The van der Waals surface area contributed by atoms with Crippen LogP contribution in [-0.2, 0) is 11.2 Å². The van der Waals surface area contributed by atoms with Crippen molar-refractivity contribution in [3.05, 3.63) is 35.0 Å². The molecule has 0 aliphatic carbocycles. The number of nitrogens with one attached hydrogen (secondary N) is 2. The van der Waals surface area contributed by atoms with E-state index in [-0.39, 0.29) is 12.0 Å². The molecule has 0 radical (unpaired) electrons. The maximum absolute atomic E-state index is 12.1. The fourth-order valence-corrected chi connectivity index (χ4v) is 2.84. The van der Waals surface area contributed by atoms with E-state index < -0.39 is 0 Å². The quantitative estimate of drug-likeness (QED) is 0.810. The van der Waals surface area contributed by atoms with E-state index in [9.17, 15) is 9.90 Å². The Labute approximate surface area is 127 Å². The average molecular weight is 308 g/mol. The molecule has 5 nitrogen and oxygen atoms in total. The van der Waals surface area contributed by atoms with Crippen molar-refractivity contribution in [1.82, 2.24) is 15.4 Å². The Morgan fingerprint density at radius 1 is 1.43 bits per heavy atom. The summed E-state index contributed by atoms with van der Waals surface area (Å²) in [6.45, 7) is 1.38. The molecule has 1 aliphatic heterocycles. The molecule has 0 spiro atoms. The van der Waals surface area contributed by atoms with Crippen molar-refractivity contribution in [1.29, 1.82) is 0 Å². The lowest BCUT2D eigenvalue weighted by molar-refractivity contribution is -0.126. The first-order valence-electron chi connectivity index (χ1n) is 7.10. The topological polar surface area (TPSA) is 68.4 Å². The van der Waals surface area contributed by atoms with Gasteiger partial charge in [0.05, 0.1) is 12.5 Å². The second-order valence-electron chi connectivity index (χ2n) is 5.43. The highest BCUT2D eigenvalue weighted by Crippen LogP contribution is 2.22. The smallest absolute Gasteiger partial charge is 0.238 e. The Morgan fingerprint density at radius 2 is 2.19 bits per heavy atom. The first kappa shape index (κ1) is 14.4. The third kappa shape index (κ3) is 3.37. The van der Waals surface area contributed by atoms with Gasteiger partial charge in [-0.05, 0) is 30.5 Å². The van der Waals surface area contributed by atoms with E-state index in [0.29, 0.717) is 37.4 Å². The number of carbonyl (C=O) groups is 1. The van der Waals surface area contributed by atoms with Crippen molar-refractivity contribution < 1.29 is 9.90 Å². The van der Waals surface area contributed by atoms with E-state index in [1.54, 1.807) is 0 Å². The van der Waals surface area contributed by atoms with Crippen LogP contribution in [0.5, 0.6) is 0 Å². The van der Waals surface area contributed by atoms with E-state index in [1.807, 2.05) is 29.4 Å². The number of halogens is 1. The summed E-state index contributed by atoms with van der Waals surface area (Å²) in [5.74, 6) is -0.0396. The van der Waals surface area contributed by atoms with E-state index in [1.165, 1.54) is 0 Å². The van der Waals surface area contributed by atoms with Crippen LogP contribution in [0.25, 0.3) is 10.9 Å². The van der Waals surface area contributed by atoms with Gasteiger partial charge in [-0.3, -0.25) is 10.2 Å². The summed E-state index contributed by atoms with van der Waals surface area (Å²) < 4.78 is 0. The summed E-state index contributed by atoms with van der Waals surface area (Å²) in [5, 5.41) is 13.0. The van der Waals surface area contributed by atoms with Crippen LogP contribution in [0.15, 0.2) is 24.4 Å². The highest BCUT2D eigenvalue weighted by atomic mass is 35.5. The number of nitrogens with zero attached hydrogens (tertiary/aromatic N) is 1. The normalized spacial score (nSPS) is 17.2. The molecule has 0 bridgehead atoms. The number of aliphatic hydroxyl groups is 1. The highest BCUT2D eigenvalue weighted by Gasteiger charge is 2.19. The molecule has 1 saturated heterocycles. The summed E-state index contributed by atoms with van der Waals surface area (Å²) in [6, 6.07) is 5.60. The molecular weight excluding hydrogens is 290 g/mol. The SMILES string of the molecule is O=C(Cc1c[nH]c2cc(Cl)ccc12)NN1CCC(O)CC1.